The Balaban J connectivity index is 1.05. The van der Waals surface area contributed by atoms with Crippen LogP contribution in [0.1, 0.15) is 23.7 Å². The van der Waals surface area contributed by atoms with Gasteiger partial charge in [0.25, 0.3) is 0 Å². The van der Waals surface area contributed by atoms with Crippen LogP contribution in [0, 0.1) is 5.92 Å². The van der Waals surface area contributed by atoms with Crippen molar-refractivity contribution in [2.24, 2.45) is 5.92 Å². The predicted molar refractivity (Wildman–Crippen MR) is 228 cm³/mol. The molecule has 0 spiro atoms. The summed E-state index contributed by atoms with van der Waals surface area (Å²) >= 11 is 0. The normalized spacial score (nSPS) is 14.2. The molecule has 256 valence electrons. The molecule has 1 aliphatic rings. The van der Waals surface area contributed by atoms with Gasteiger partial charge in [0.1, 0.15) is 5.58 Å². The van der Waals surface area contributed by atoms with E-state index in [9.17, 15) is 0 Å². The molecule has 0 aliphatic heterocycles. The van der Waals surface area contributed by atoms with Crippen LogP contribution < -0.4 is 5.32 Å². The third kappa shape index (κ3) is 4.89. The van der Waals surface area contributed by atoms with Gasteiger partial charge in [-0.3, -0.25) is 0 Å². The van der Waals surface area contributed by atoms with E-state index in [1.54, 1.807) is 0 Å². The second-order valence-corrected chi connectivity index (χ2v) is 14.7. The zero-order valence-corrected chi connectivity index (χ0v) is 29.9. The highest BCUT2D eigenvalue weighted by Crippen LogP contribution is 2.45. The summed E-state index contributed by atoms with van der Waals surface area (Å²) in [4.78, 5) is 0. The van der Waals surface area contributed by atoms with Crippen LogP contribution >= 0.6 is 0 Å². The lowest BCUT2D eigenvalue weighted by atomic mass is 9.82. The number of allylic oxidation sites excluding steroid dienone is 1. The molecule has 0 radical (unpaired) electrons. The minimum atomic E-state index is 0.323. The Morgan fingerprint density at radius 1 is 0.574 bits per heavy atom. The topological polar surface area (TPSA) is 30.1 Å². The van der Waals surface area contributed by atoms with Crippen LogP contribution in [0.5, 0.6) is 0 Å². The maximum atomic E-state index is 6.64. The fraction of sp³-hybridized carbons (Fsp3) is 0.0588. The number of hydrogen-bond donors (Lipinski definition) is 1. The molecule has 0 amide bonds. The summed E-state index contributed by atoms with van der Waals surface area (Å²) in [6.45, 7) is 2.37. The van der Waals surface area contributed by atoms with Crippen molar-refractivity contribution in [3.63, 3.8) is 0 Å². The highest BCUT2D eigenvalue weighted by atomic mass is 16.3. The van der Waals surface area contributed by atoms with E-state index in [1.165, 1.54) is 60.5 Å². The molecule has 1 atom stereocenters. The molecular weight excluding hydrogens is 657 g/mol. The molecule has 11 rings (SSSR count). The van der Waals surface area contributed by atoms with E-state index in [1.807, 2.05) is 6.07 Å². The van der Waals surface area contributed by atoms with Gasteiger partial charge in [-0.05, 0) is 105 Å². The molecule has 0 saturated heterocycles. The Bertz CT molecular complexity index is 3140. The van der Waals surface area contributed by atoms with Crippen LogP contribution in [-0.2, 0) is 6.42 Å². The van der Waals surface area contributed by atoms with E-state index in [4.69, 9.17) is 4.42 Å². The average molecular weight is 693 g/mol. The number of para-hydroxylation sites is 2. The van der Waals surface area contributed by atoms with E-state index in [2.05, 4.69) is 187 Å². The van der Waals surface area contributed by atoms with Gasteiger partial charge in [0.2, 0.25) is 0 Å². The lowest BCUT2D eigenvalue weighted by Crippen LogP contribution is -2.12. The Morgan fingerprint density at radius 3 is 2.13 bits per heavy atom. The monoisotopic (exact) mass is 692 g/mol. The number of nitrogens with zero attached hydrogens (tertiary/aromatic N) is 1. The van der Waals surface area contributed by atoms with Gasteiger partial charge in [-0.15, -0.1) is 0 Å². The Labute approximate surface area is 313 Å². The number of furan rings is 1. The van der Waals surface area contributed by atoms with E-state index < -0.39 is 0 Å². The number of nitrogens with one attached hydrogen (secondary N) is 1. The summed E-state index contributed by atoms with van der Waals surface area (Å²) in [5, 5.41) is 12.3. The first-order chi connectivity index (χ1) is 26.7. The summed E-state index contributed by atoms with van der Waals surface area (Å²) < 4.78 is 9.13. The molecule has 8 aromatic carbocycles. The third-order valence-electron chi connectivity index (χ3n) is 11.4. The molecule has 2 heterocycles. The fourth-order valence-electron chi connectivity index (χ4n) is 8.79. The highest BCUT2D eigenvalue weighted by molar-refractivity contribution is 6.12. The van der Waals surface area contributed by atoms with Gasteiger partial charge in [0.05, 0.1) is 11.2 Å². The number of hydrogen-bond acceptors (Lipinski definition) is 2. The van der Waals surface area contributed by atoms with Crippen LogP contribution in [0.15, 0.2) is 174 Å². The van der Waals surface area contributed by atoms with Crippen molar-refractivity contribution < 1.29 is 4.42 Å². The zero-order chi connectivity index (χ0) is 35.8. The van der Waals surface area contributed by atoms with Crippen LogP contribution in [0.2, 0.25) is 0 Å². The molecule has 10 aromatic rings. The molecule has 0 fully saturated rings. The standard InChI is InChI=1S/C51H36N2O/c1-32-27-48-46(42-17-6-8-19-47(42)53(48)40-24-22-34-12-3-5-14-36(34)30-40)31-45(32)38-16-10-15-37(28-38)41-25-26-44-43-18-7-9-20-49(43)54-51(44)50(41)52-39-23-21-33-11-2-4-13-35(33)29-39/h2-26,28-32,52H,27H2,1H3. The predicted octanol–water partition coefficient (Wildman–Crippen LogP) is 14.0. The summed E-state index contributed by atoms with van der Waals surface area (Å²) in [7, 11) is 0. The quantitative estimate of drug-likeness (QED) is 0.195. The van der Waals surface area contributed by atoms with Gasteiger partial charge in [0, 0.05) is 44.4 Å². The number of aromatic nitrogens is 1. The van der Waals surface area contributed by atoms with Crippen molar-refractivity contribution in [3.8, 4) is 16.8 Å². The maximum Gasteiger partial charge on any atom is 0.159 e. The van der Waals surface area contributed by atoms with Crippen LogP contribution in [0.4, 0.5) is 11.4 Å². The molecule has 1 aliphatic carbocycles. The average Bonchev–Trinajstić information content (AvgIpc) is 3.76. The van der Waals surface area contributed by atoms with Gasteiger partial charge in [-0.25, -0.2) is 0 Å². The Morgan fingerprint density at radius 2 is 1.28 bits per heavy atom. The van der Waals surface area contributed by atoms with Crippen molar-refractivity contribution in [3.05, 3.63) is 187 Å². The number of fused-ring (bicyclic) bond motifs is 8. The molecule has 0 saturated carbocycles. The van der Waals surface area contributed by atoms with Gasteiger partial charge >= 0.3 is 0 Å². The second kappa shape index (κ2) is 12.1. The number of rotatable bonds is 5. The van der Waals surface area contributed by atoms with E-state index in [-0.39, 0.29) is 0 Å². The van der Waals surface area contributed by atoms with Gasteiger partial charge in [0.15, 0.2) is 5.58 Å². The zero-order valence-electron chi connectivity index (χ0n) is 29.9. The summed E-state index contributed by atoms with van der Waals surface area (Å²) in [5.41, 5.74) is 13.8. The molecule has 1 N–H and O–H groups in total. The van der Waals surface area contributed by atoms with E-state index in [0.29, 0.717) is 5.92 Å². The first-order valence-electron chi connectivity index (χ1n) is 18.8. The maximum absolute atomic E-state index is 6.64. The van der Waals surface area contributed by atoms with Crippen molar-refractivity contribution in [2.45, 2.75) is 13.3 Å². The van der Waals surface area contributed by atoms with Gasteiger partial charge < -0.3 is 14.3 Å². The van der Waals surface area contributed by atoms with Crippen molar-refractivity contribution >= 4 is 77.4 Å². The van der Waals surface area contributed by atoms with E-state index >= 15 is 0 Å². The van der Waals surface area contributed by atoms with Crippen molar-refractivity contribution in [1.29, 1.82) is 0 Å². The van der Waals surface area contributed by atoms with Crippen LogP contribution in [-0.4, -0.2) is 4.57 Å². The molecule has 1 unspecified atom stereocenters. The highest BCUT2D eigenvalue weighted by Gasteiger charge is 2.26. The molecule has 3 heteroatoms. The Kier molecular flexibility index (Phi) is 6.90. The summed E-state index contributed by atoms with van der Waals surface area (Å²) in [6.07, 6.45) is 3.41. The first kappa shape index (κ1) is 30.8. The molecular formula is C51H36N2O. The van der Waals surface area contributed by atoms with E-state index in [0.717, 1.165) is 50.9 Å². The van der Waals surface area contributed by atoms with Gasteiger partial charge in [-0.1, -0.05) is 128 Å². The largest absolute Gasteiger partial charge is 0.454 e. The molecule has 0 bridgehead atoms. The van der Waals surface area contributed by atoms with Crippen LogP contribution in [0.25, 0.3) is 82.8 Å². The second-order valence-electron chi connectivity index (χ2n) is 14.7. The van der Waals surface area contributed by atoms with Crippen LogP contribution in [0.3, 0.4) is 0 Å². The third-order valence-corrected chi connectivity index (χ3v) is 11.4. The fourth-order valence-corrected chi connectivity index (χ4v) is 8.79. The Hall–Kier alpha value is -6.84. The lowest BCUT2D eigenvalue weighted by molar-refractivity contribution is 0.670. The minimum Gasteiger partial charge on any atom is -0.454 e. The lowest BCUT2D eigenvalue weighted by Gasteiger charge is -2.24. The SMILES string of the molecule is CC1Cc2c(c3ccccc3n2-c2ccc3ccccc3c2)C=C1c1cccc(-c2ccc3c(oc4ccccc43)c2Nc2ccc3ccccc3c2)c1. The smallest absolute Gasteiger partial charge is 0.159 e. The first-order valence-corrected chi connectivity index (χ1v) is 18.8. The summed E-state index contributed by atoms with van der Waals surface area (Å²) in [5.74, 6) is 0.323. The molecule has 3 nitrogen and oxygen atoms in total. The van der Waals surface area contributed by atoms with Crippen molar-refractivity contribution in [2.75, 3.05) is 5.32 Å². The van der Waals surface area contributed by atoms with Gasteiger partial charge in [-0.2, -0.15) is 0 Å². The number of anilines is 2. The molecule has 54 heavy (non-hydrogen) atoms. The van der Waals surface area contributed by atoms with Crippen molar-refractivity contribution in [1.82, 2.24) is 4.57 Å². The minimum absolute atomic E-state index is 0.323. The molecule has 2 aromatic heterocycles. The summed E-state index contributed by atoms with van der Waals surface area (Å²) in [6, 6.07) is 61.2. The number of benzene rings is 8.